The van der Waals surface area contributed by atoms with E-state index in [2.05, 4.69) is 10.3 Å². The smallest absolute Gasteiger partial charge is 0.149 e. The summed E-state index contributed by atoms with van der Waals surface area (Å²) < 4.78 is 18.6. The molecule has 0 bridgehead atoms. The summed E-state index contributed by atoms with van der Waals surface area (Å²) in [7, 11) is 1.51. The second kappa shape index (κ2) is 5.10. The van der Waals surface area contributed by atoms with E-state index in [1.165, 1.54) is 37.6 Å². The van der Waals surface area contributed by atoms with Gasteiger partial charge in [-0.3, -0.25) is 0 Å². The number of nitrogens with zero attached hydrogens (tertiary/aromatic N) is 1. The molecule has 0 unspecified atom stereocenters. The highest BCUT2D eigenvalue weighted by Crippen LogP contribution is 2.28. The molecule has 2 rings (SSSR count). The van der Waals surface area contributed by atoms with E-state index in [0.29, 0.717) is 22.3 Å². The molecular weight excluding hydrogens is 257 g/mol. The quantitative estimate of drug-likeness (QED) is 0.896. The van der Waals surface area contributed by atoms with Crippen molar-refractivity contribution in [1.82, 2.24) is 4.98 Å². The summed E-state index contributed by atoms with van der Waals surface area (Å²) in [4.78, 5) is 3.99. The number of nitrogens with one attached hydrogen (secondary N) is 1. The van der Waals surface area contributed by atoms with E-state index in [9.17, 15) is 4.39 Å². The molecule has 1 aromatic carbocycles. The predicted molar refractivity (Wildman–Crippen MR) is 69.9 cm³/mol. The van der Waals surface area contributed by atoms with E-state index < -0.39 is 5.82 Å². The molecule has 1 aromatic heterocycles. The van der Waals surface area contributed by atoms with Gasteiger partial charge in [-0.15, -0.1) is 0 Å². The third-order valence-corrected chi connectivity index (χ3v) is 2.58. The van der Waals surface area contributed by atoms with Gasteiger partial charge in [0.1, 0.15) is 17.4 Å². The summed E-state index contributed by atoms with van der Waals surface area (Å²) >= 11 is 5.95. The lowest BCUT2D eigenvalue weighted by Crippen LogP contribution is -1.99. The van der Waals surface area contributed by atoms with Crippen LogP contribution in [0.5, 0.6) is 5.75 Å². The molecule has 0 aliphatic heterocycles. The minimum Gasteiger partial charge on any atom is -0.497 e. The van der Waals surface area contributed by atoms with E-state index >= 15 is 0 Å². The molecule has 0 spiro atoms. The molecular formula is C12H11ClFN3O. The Labute approximate surface area is 109 Å². The van der Waals surface area contributed by atoms with Crippen molar-refractivity contribution in [3.8, 4) is 5.75 Å². The molecule has 0 saturated carbocycles. The van der Waals surface area contributed by atoms with Crippen molar-refractivity contribution in [2.24, 2.45) is 0 Å². The SMILES string of the molecule is COc1ccc(F)c(Nc2ncc(N)cc2Cl)c1. The van der Waals surface area contributed by atoms with Crippen molar-refractivity contribution in [3.05, 3.63) is 41.3 Å². The highest BCUT2D eigenvalue weighted by atomic mass is 35.5. The first-order valence-electron chi connectivity index (χ1n) is 5.11. The van der Waals surface area contributed by atoms with Gasteiger partial charge in [0, 0.05) is 6.07 Å². The molecule has 3 N–H and O–H groups in total. The molecule has 0 atom stereocenters. The molecule has 4 nitrogen and oxygen atoms in total. The summed E-state index contributed by atoms with van der Waals surface area (Å²) in [5, 5.41) is 3.11. The Morgan fingerprint density at radius 2 is 2.17 bits per heavy atom. The summed E-state index contributed by atoms with van der Waals surface area (Å²) in [6.45, 7) is 0. The molecule has 18 heavy (non-hydrogen) atoms. The number of rotatable bonds is 3. The summed E-state index contributed by atoms with van der Waals surface area (Å²) in [5.41, 5.74) is 6.20. The number of anilines is 3. The number of hydrogen-bond donors (Lipinski definition) is 2. The summed E-state index contributed by atoms with van der Waals surface area (Å²) in [5.74, 6) is 0.439. The van der Waals surface area contributed by atoms with Gasteiger partial charge in [-0.1, -0.05) is 11.6 Å². The van der Waals surface area contributed by atoms with Crippen molar-refractivity contribution in [2.75, 3.05) is 18.2 Å². The Hall–Kier alpha value is -2.01. The third kappa shape index (κ3) is 2.62. The van der Waals surface area contributed by atoms with E-state index in [1.807, 2.05) is 0 Å². The highest BCUT2D eigenvalue weighted by Gasteiger charge is 2.08. The highest BCUT2D eigenvalue weighted by molar-refractivity contribution is 6.33. The van der Waals surface area contributed by atoms with Crippen LogP contribution in [0.4, 0.5) is 21.6 Å². The van der Waals surface area contributed by atoms with Crippen molar-refractivity contribution >= 4 is 28.8 Å². The zero-order valence-electron chi connectivity index (χ0n) is 9.58. The standard InChI is InChI=1S/C12H11ClFN3O/c1-18-8-2-3-10(14)11(5-8)17-12-9(13)4-7(15)6-16-12/h2-6H,15H2,1H3,(H,16,17). The fraction of sp³-hybridized carbons (Fsp3) is 0.0833. The number of nitrogens with two attached hydrogens (primary N) is 1. The molecule has 0 amide bonds. The van der Waals surface area contributed by atoms with Gasteiger partial charge >= 0.3 is 0 Å². The van der Waals surface area contributed by atoms with Gasteiger partial charge in [0.15, 0.2) is 0 Å². The van der Waals surface area contributed by atoms with Gasteiger partial charge in [-0.25, -0.2) is 9.37 Å². The molecule has 1 heterocycles. The van der Waals surface area contributed by atoms with E-state index in [4.69, 9.17) is 22.1 Å². The molecule has 2 aromatic rings. The van der Waals surface area contributed by atoms with E-state index in [0.717, 1.165) is 0 Å². The van der Waals surface area contributed by atoms with E-state index in [-0.39, 0.29) is 5.69 Å². The van der Waals surface area contributed by atoms with Crippen molar-refractivity contribution in [2.45, 2.75) is 0 Å². The van der Waals surface area contributed by atoms with Crippen LogP contribution in [0.1, 0.15) is 0 Å². The number of pyridine rings is 1. The molecule has 94 valence electrons. The van der Waals surface area contributed by atoms with Gasteiger partial charge in [-0.05, 0) is 18.2 Å². The average Bonchev–Trinajstić information content (AvgIpc) is 2.35. The van der Waals surface area contributed by atoms with Crippen molar-refractivity contribution < 1.29 is 9.13 Å². The van der Waals surface area contributed by atoms with Gasteiger partial charge in [-0.2, -0.15) is 0 Å². The lowest BCUT2D eigenvalue weighted by molar-refractivity contribution is 0.414. The maximum atomic E-state index is 13.6. The first kappa shape index (κ1) is 12.4. The Morgan fingerprint density at radius 1 is 1.39 bits per heavy atom. The Morgan fingerprint density at radius 3 is 2.83 bits per heavy atom. The number of ether oxygens (including phenoxy) is 1. The van der Waals surface area contributed by atoms with E-state index in [1.54, 1.807) is 0 Å². The molecule has 0 radical (unpaired) electrons. The topological polar surface area (TPSA) is 60.2 Å². The summed E-state index contributed by atoms with van der Waals surface area (Å²) in [6, 6.07) is 5.88. The Kier molecular flexibility index (Phi) is 3.53. The molecule has 0 fully saturated rings. The number of hydrogen-bond acceptors (Lipinski definition) is 4. The molecule has 0 saturated heterocycles. The molecule has 6 heteroatoms. The monoisotopic (exact) mass is 267 g/mol. The number of nitrogen functional groups attached to an aromatic ring is 1. The minimum absolute atomic E-state index is 0.230. The second-order valence-electron chi connectivity index (χ2n) is 3.57. The predicted octanol–water partition coefficient (Wildman–Crippen LogP) is 3.21. The van der Waals surface area contributed by atoms with Gasteiger partial charge in [0.05, 0.1) is 29.7 Å². The molecule has 0 aliphatic rings. The van der Waals surface area contributed by atoms with Crippen LogP contribution in [0.3, 0.4) is 0 Å². The Balaban J connectivity index is 2.33. The number of aromatic nitrogens is 1. The van der Waals surface area contributed by atoms with Gasteiger partial charge in [0.25, 0.3) is 0 Å². The molecule has 0 aliphatic carbocycles. The van der Waals surface area contributed by atoms with Crippen LogP contribution in [0.15, 0.2) is 30.5 Å². The first-order valence-corrected chi connectivity index (χ1v) is 5.49. The van der Waals surface area contributed by atoms with Crippen molar-refractivity contribution in [1.29, 1.82) is 0 Å². The van der Waals surface area contributed by atoms with Gasteiger partial charge in [0.2, 0.25) is 0 Å². The van der Waals surface area contributed by atoms with Crippen LogP contribution in [-0.2, 0) is 0 Å². The average molecular weight is 268 g/mol. The first-order chi connectivity index (χ1) is 8.60. The van der Waals surface area contributed by atoms with Crippen molar-refractivity contribution in [3.63, 3.8) is 0 Å². The minimum atomic E-state index is -0.425. The van der Waals surface area contributed by atoms with Crippen LogP contribution in [0, 0.1) is 5.82 Å². The van der Waals surface area contributed by atoms with Gasteiger partial charge < -0.3 is 15.8 Å². The van der Waals surface area contributed by atoms with Crippen LogP contribution >= 0.6 is 11.6 Å². The maximum absolute atomic E-state index is 13.6. The fourth-order valence-electron chi connectivity index (χ4n) is 1.40. The fourth-order valence-corrected chi connectivity index (χ4v) is 1.62. The maximum Gasteiger partial charge on any atom is 0.149 e. The van der Waals surface area contributed by atoms with Crippen LogP contribution in [-0.4, -0.2) is 12.1 Å². The number of halogens is 2. The Bertz CT molecular complexity index is 577. The van der Waals surface area contributed by atoms with Crippen LogP contribution in [0.2, 0.25) is 5.02 Å². The van der Waals surface area contributed by atoms with Crippen LogP contribution < -0.4 is 15.8 Å². The summed E-state index contributed by atoms with van der Waals surface area (Å²) in [6.07, 6.45) is 1.44. The third-order valence-electron chi connectivity index (χ3n) is 2.29. The number of benzene rings is 1. The number of methoxy groups -OCH3 is 1. The zero-order chi connectivity index (χ0) is 13.1. The zero-order valence-corrected chi connectivity index (χ0v) is 10.3. The normalized spacial score (nSPS) is 10.2. The largest absolute Gasteiger partial charge is 0.497 e. The lowest BCUT2D eigenvalue weighted by atomic mass is 10.3. The lowest BCUT2D eigenvalue weighted by Gasteiger charge is -2.10. The second-order valence-corrected chi connectivity index (χ2v) is 3.98. The van der Waals surface area contributed by atoms with Crippen LogP contribution in [0.25, 0.3) is 0 Å².